The molecule has 18 heavy (non-hydrogen) atoms. The summed E-state index contributed by atoms with van der Waals surface area (Å²) in [5.74, 6) is 0.485. The van der Waals surface area contributed by atoms with Crippen LogP contribution in [0.1, 0.15) is 17.6 Å². The monoisotopic (exact) mass is 303 g/mol. The molecule has 0 aliphatic heterocycles. The molecule has 90 valence electrons. The average Bonchev–Trinajstić information content (AvgIpc) is 2.91. The number of hydrogen-bond donors (Lipinski definition) is 1. The minimum atomic E-state index is -0.862. The van der Waals surface area contributed by atoms with E-state index in [0.29, 0.717) is 11.5 Å². The van der Waals surface area contributed by atoms with Crippen LogP contribution < -0.4 is 0 Å². The van der Waals surface area contributed by atoms with Crippen LogP contribution in [0.15, 0.2) is 57.6 Å². The Hall–Kier alpha value is -1.65. The van der Waals surface area contributed by atoms with E-state index < -0.39 is 6.10 Å². The van der Waals surface area contributed by atoms with Crippen LogP contribution in [0.5, 0.6) is 0 Å². The molecule has 0 aliphatic rings. The lowest BCUT2D eigenvalue weighted by Crippen LogP contribution is -2.02. The molecule has 3 aromatic rings. The number of aromatic nitrogens is 1. The average molecular weight is 304 g/mol. The predicted octanol–water partition coefficient (Wildman–Crippen LogP) is 3.67. The van der Waals surface area contributed by atoms with Gasteiger partial charge in [-0.05, 0) is 40.2 Å². The van der Waals surface area contributed by atoms with E-state index in [0.717, 1.165) is 15.4 Å². The number of furan rings is 1. The highest BCUT2D eigenvalue weighted by Crippen LogP contribution is 2.29. The number of fused-ring (bicyclic) bond motifs is 1. The predicted molar refractivity (Wildman–Crippen MR) is 72.2 cm³/mol. The molecule has 1 aromatic carbocycles. The Morgan fingerprint density at radius 3 is 2.78 bits per heavy atom. The molecule has 4 heteroatoms. The van der Waals surface area contributed by atoms with Crippen LogP contribution in [-0.2, 0) is 0 Å². The van der Waals surface area contributed by atoms with Gasteiger partial charge in [0.25, 0.3) is 0 Å². The highest BCUT2D eigenvalue weighted by atomic mass is 79.9. The maximum absolute atomic E-state index is 10.2. The van der Waals surface area contributed by atoms with E-state index in [1.54, 1.807) is 12.1 Å². The van der Waals surface area contributed by atoms with Crippen molar-refractivity contribution in [2.75, 3.05) is 0 Å². The Bertz CT molecular complexity index is 679. The van der Waals surface area contributed by atoms with Gasteiger partial charge in [0.05, 0.1) is 17.5 Å². The zero-order valence-corrected chi connectivity index (χ0v) is 11.0. The van der Waals surface area contributed by atoms with Crippen molar-refractivity contribution in [3.05, 3.63) is 64.7 Å². The van der Waals surface area contributed by atoms with Crippen LogP contribution in [-0.4, -0.2) is 10.1 Å². The van der Waals surface area contributed by atoms with E-state index >= 15 is 0 Å². The van der Waals surface area contributed by atoms with Gasteiger partial charge in [-0.3, -0.25) is 0 Å². The van der Waals surface area contributed by atoms with Gasteiger partial charge in [0.1, 0.15) is 5.76 Å². The van der Waals surface area contributed by atoms with Crippen molar-refractivity contribution < 1.29 is 9.52 Å². The summed E-state index contributed by atoms with van der Waals surface area (Å²) < 4.78 is 5.97. The summed E-state index contributed by atoms with van der Waals surface area (Å²) in [6.07, 6.45) is 0.673. The molecule has 2 heterocycles. The summed E-state index contributed by atoms with van der Waals surface area (Å²) >= 11 is 3.44. The third-order valence-electron chi connectivity index (χ3n) is 2.78. The zero-order valence-electron chi connectivity index (χ0n) is 9.38. The first-order chi connectivity index (χ1) is 8.75. The quantitative estimate of drug-likeness (QED) is 0.785. The molecule has 0 spiro atoms. The number of aliphatic hydroxyl groups excluding tert-OH is 1. The van der Waals surface area contributed by atoms with Crippen molar-refractivity contribution in [3.63, 3.8) is 0 Å². The van der Waals surface area contributed by atoms with Gasteiger partial charge >= 0.3 is 0 Å². The van der Waals surface area contributed by atoms with E-state index in [1.807, 2.05) is 30.3 Å². The highest BCUT2D eigenvalue weighted by molar-refractivity contribution is 9.10. The molecule has 1 N–H and O–H groups in total. The maximum Gasteiger partial charge on any atom is 0.154 e. The topological polar surface area (TPSA) is 46.3 Å². The third kappa shape index (κ3) is 1.94. The van der Waals surface area contributed by atoms with Crippen LogP contribution in [0, 0.1) is 0 Å². The number of aliphatic hydroxyl groups is 1. The largest absolute Gasteiger partial charge is 0.466 e. The fourth-order valence-electron chi connectivity index (χ4n) is 1.88. The lowest BCUT2D eigenvalue weighted by atomic mass is 10.1. The molecule has 0 saturated carbocycles. The van der Waals surface area contributed by atoms with E-state index in [4.69, 9.17) is 4.42 Å². The Morgan fingerprint density at radius 2 is 2.00 bits per heavy atom. The normalized spacial score (nSPS) is 12.8. The molecule has 1 unspecified atom stereocenters. The molecule has 1 atom stereocenters. The maximum atomic E-state index is 10.2. The standard InChI is InChI=1S/C14H10BrNO2/c15-10-8-9-4-1-2-5-11(9)16-13(10)14(17)12-6-3-7-18-12/h1-8,14,17H. The zero-order chi connectivity index (χ0) is 12.5. The van der Waals surface area contributed by atoms with Gasteiger partial charge in [-0.15, -0.1) is 0 Å². The van der Waals surface area contributed by atoms with Crippen molar-refractivity contribution in [1.29, 1.82) is 0 Å². The second-order valence-corrected chi connectivity index (χ2v) is 4.82. The van der Waals surface area contributed by atoms with Crippen molar-refractivity contribution in [1.82, 2.24) is 4.98 Å². The second kappa shape index (κ2) is 4.55. The summed E-state index contributed by atoms with van der Waals surface area (Å²) in [4.78, 5) is 4.47. The van der Waals surface area contributed by atoms with Crippen LogP contribution in [0.3, 0.4) is 0 Å². The molecule has 2 aromatic heterocycles. The summed E-state index contributed by atoms with van der Waals surface area (Å²) in [6, 6.07) is 13.2. The van der Waals surface area contributed by atoms with Gasteiger partial charge in [-0.25, -0.2) is 4.98 Å². The number of benzene rings is 1. The van der Waals surface area contributed by atoms with Crippen molar-refractivity contribution in [2.24, 2.45) is 0 Å². The summed E-state index contributed by atoms with van der Waals surface area (Å²) in [6.45, 7) is 0. The summed E-state index contributed by atoms with van der Waals surface area (Å²) in [7, 11) is 0. The van der Waals surface area contributed by atoms with Crippen LogP contribution in [0.2, 0.25) is 0 Å². The second-order valence-electron chi connectivity index (χ2n) is 3.97. The van der Waals surface area contributed by atoms with Crippen LogP contribution >= 0.6 is 15.9 Å². The van der Waals surface area contributed by atoms with Gasteiger partial charge < -0.3 is 9.52 Å². The molecule has 0 aliphatic carbocycles. The fourth-order valence-corrected chi connectivity index (χ4v) is 2.43. The number of pyridine rings is 1. The van der Waals surface area contributed by atoms with Crippen molar-refractivity contribution in [2.45, 2.75) is 6.10 Å². The first kappa shape index (κ1) is 11.4. The molecule has 3 rings (SSSR count). The van der Waals surface area contributed by atoms with E-state index in [9.17, 15) is 5.11 Å². The molecule has 0 fully saturated rings. The fraction of sp³-hybridized carbons (Fsp3) is 0.0714. The van der Waals surface area contributed by atoms with Crippen molar-refractivity contribution in [3.8, 4) is 0 Å². The molecule has 0 bridgehead atoms. The van der Waals surface area contributed by atoms with Crippen LogP contribution in [0.25, 0.3) is 10.9 Å². The molecule has 3 nitrogen and oxygen atoms in total. The van der Waals surface area contributed by atoms with Crippen LogP contribution in [0.4, 0.5) is 0 Å². The van der Waals surface area contributed by atoms with Gasteiger partial charge in [-0.2, -0.15) is 0 Å². The van der Waals surface area contributed by atoms with E-state index in [1.165, 1.54) is 6.26 Å². The molecule has 0 amide bonds. The molecule has 0 radical (unpaired) electrons. The lowest BCUT2D eigenvalue weighted by molar-refractivity contribution is 0.184. The van der Waals surface area contributed by atoms with E-state index in [-0.39, 0.29) is 0 Å². The first-order valence-electron chi connectivity index (χ1n) is 5.52. The Labute approximate surface area is 112 Å². The Kier molecular flexibility index (Phi) is 2.89. The number of rotatable bonds is 2. The minimum absolute atomic E-state index is 0.485. The highest BCUT2D eigenvalue weighted by Gasteiger charge is 2.18. The van der Waals surface area contributed by atoms with E-state index in [2.05, 4.69) is 20.9 Å². The third-order valence-corrected chi connectivity index (χ3v) is 3.41. The molecular formula is C14H10BrNO2. The number of nitrogens with zero attached hydrogens (tertiary/aromatic N) is 1. The Morgan fingerprint density at radius 1 is 1.17 bits per heavy atom. The smallest absolute Gasteiger partial charge is 0.154 e. The van der Waals surface area contributed by atoms with Crippen molar-refractivity contribution >= 4 is 26.8 Å². The number of para-hydroxylation sites is 1. The summed E-state index contributed by atoms with van der Waals surface area (Å²) in [5.41, 5.74) is 1.41. The van der Waals surface area contributed by atoms with Gasteiger partial charge in [0, 0.05) is 9.86 Å². The molecule has 0 saturated heterocycles. The Balaban J connectivity index is 2.14. The SMILES string of the molecule is OC(c1ccco1)c1nc2ccccc2cc1Br. The lowest BCUT2D eigenvalue weighted by Gasteiger charge is -2.10. The number of halogens is 1. The van der Waals surface area contributed by atoms with Gasteiger partial charge in [0.2, 0.25) is 0 Å². The first-order valence-corrected chi connectivity index (χ1v) is 6.31. The summed E-state index contributed by atoms with van der Waals surface area (Å²) in [5, 5.41) is 11.3. The minimum Gasteiger partial charge on any atom is -0.466 e. The van der Waals surface area contributed by atoms with Gasteiger partial charge in [-0.1, -0.05) is 18.2 Å². The molecular weight excluding hydrogens is 294 g/mol. The van der Waals surface area contributed by atoms with Gasteiger partial charge in [0.15, 0.2) is 6.10 Å². The number of hydrogen-bond acceptors (Lipinski definition) is 3.